The number of fused-ring (bicyclic) bond motifs is 2. The number of anilines is 1. The Bertz CT molecular complexity index is 1260. The molecule has 1 aliphatic rings. The van der Waals surface area contributed by atoms with Gasteiger partial charge in [0.15, 0.2) is 6.10 Å². The summed E-state index contributed by atoms with van der Waals surface area (Å²) in [7, 11) is 0. The number of rotatable bonds is 5. The van der Waals surface area contributed by atoms with Crippen molar-refractivity contribution in [3.05, 3.63) is 69.8 Å². The Labute approximate surface area is 176 Å². The number of benzene rings is 2. The first-order valence-electron chi connectivity index (χ1n) is 9.78. The van der Waals surface area contributed by atoms with Crippen LogP contribution in [0.5, 0.6) is 0 Å². The summed E-state index contributed by atoms with van der Waals surface area (Å²) in [5, 5.41) is 3.04. The molecule has 0 saturated carbocycles. The summed E-state index contributed by atoms with van der Waals surface area (Å²) >= 11 is 0. The number of aryl methyl sites for hydroxylation is 1. The molecule has 3 N–H and O–H groups in total. The van der Waals surface area contributed by atoms with Crippen molar-refractivity contribution < 1.29 is 19.1 Å². The molecule has 0 unspecified atom stereocenters. The van der Waals surface area contributed by atoms with Gasteiger partial charge in [-0.15, -0.1) is 0 Å². The van der Waals surface area contributed by atoms with Crippen molar-refractivity contribution in [1.82, 2.24) is 9.55 Å². The Morgan fingerprint density at radius 3 is 2.55 bits per heavy atom. The van der Waals surface area contributed by atoms with Gasteiger partial charge in [-0.1, -0.05) is 0 Å². The second-order valence-corrected chi connectivity index (χ2v) is 7.30. The van der Waals surface area contributed by atoms with E-state index in [9.17, 15) is 19.2 Å². The van der Waals surface area contributed by atoms with Gasteiger partial charge in [0.25, 0.3) is 11.5 Å². The molecule has 0 saturated heterocycles. The predicted molar refractivity (Wildman–Crippen MR) is 113 cm³/mol. The van der Waals surface area contributed by atoms with E-state index >= 15 is 0 Å². The lowest BCUT2D eigenvalue weighted by Gasteiger charge is -2.14. The second kappa shape index (κ2) is 8.02. The highest BCUT2D eigenvalue weighted by Gasteiger charge is 2.21. The molecule has 1 aromatic heterocycles. The molecule has 3 aromatic rings. The van der Waals surface area contributed by atoms with Crippen LogP contribution in [0.25, 0.3) is 10.9 Å². The second-order valence-electron chi connectivity index (χ2n) is 7.30. The zero-order chi connectivity index (χ0) is 22.1. The molecule has 1 aliphatic heterocycles. The summed E-state index contributed by atoms with van der Waals surface area (Å²) in [5.41, 5.74) is 6.44. The van der Waals surface area contributed by atoms with Crippen molar-refractivity contribution in [2.45, 2.75) is 32.4 Å². The van der Waals surface area contributed by atoms with E-state index in [4.69, 9.17) is 10.5 Å². The third kappa shape index (κ3) is 4.02. The quantitative estimate of drug-likeness (QED) is 0.603. The van der Waals surface area contributed by atoms with E-state index in [1.807, 2.05) is 0 Å². The van der Waals surface area contributed by atoms with Gasteiger partial charge in [-0.05, 0) is 55.8 Å². The van der Waals surface area contributed by atoms with E-state index in [-0.39, 0.29) is 11.1 Å². The first kappa shape index (κ1) is 20.3. The smallest absolute Gasteiger partial charge is 0.338 e. The first-order chi connectivity index (χ1) is 14.8. The number of esters is 1. The minimum absolute atomic E-state index is 0.118. The molecule has 0 radical (unpaired) electrons. The van der Waals surface area contributed by atoms with Crippen LogP contribution in [0.1, 0.15) is 39.9 Å². The standard InChI is InChI=1S/C22H20N4O5/c1-12(20(28)24-15-7-4-13(5-8-15)19(23)27)31-22(30)14-6-9-16-17(11-14)25-18-3-2-10-26(18)21(16)29/h4-9,11-12H,2-3,10H2,1H3,(H2,23,27)(H,24,28)/t12-/m0/s1. The SMILES string of the molecule is C[C@H](OC(=O)c1ccc2c(=O)n3c(nc2c1)CCC3)C(=O)Nc1ccc(C(N)=O)cc1. The van der Waals surface area contributed by atoms with Gasteiger partial charge in [-0.25, -0.2) is 9.78 Å². The highest BCUT2D eigenvalue weighted by atomic mass is 16.5. The van der Waals surface area contributed by atoms with E-state index < -0.39 is 23.9 Å². The molecule has 158 valence electrons. The van der Waals surface area contributed by atoms with Gasteiger partial charge in [-0.3, -0.25) is 19.0 Å². The summed E-state index contributed by atoms with van der Waals surface area (Å²) in [5.74, 6) is -1.10. The Hall–Kier alpha value is -4.01. The minimum atomic E-state index is -1.07. The number of aromatic nitrogens is 2. The van der Waals surface area contributed by atoms with Crippen LogP contribution < -0.4 is 16.6 Å². The van der Waals surface area contributed by atoms with Crippen LogP contribution in [-0.4, -0.2) is 33.4 Å². The van der Waals surface area contributed by atoms with E-state index in [1.165, 1.54) is 43.3 Å². The zero-order valence-electron chi connectivity index (χ0n) is 16.8. The molecule has 0 aliphatic carbocycles. The number of hydrogen-bond donors (Lipinski definition) is 2. The fourth-order valence-electron chi connectivity index (χ4n) is 3.45. The number of nitrogens with two attached hydrogens (primary N) is 1. The van der Waals surface area contributed by atoms with Crippen molar-refractivity contribution >= 4 is 34.4 Å². The third-order valence-electron chi connectivity index (χ3n) is 5.14. The van der Waals surface area contributed by atoms with Gasteiger partial charge in [0.1, 0.15) is 5.82 Å². The third-order valence-corrected chi connectivity index (χ3v) is 5.14. The molecule has 1 atom stereocenters. The van der Waals surface area contributed by atoms with Crippen molar-refractivity contribution in [1.29, 1.82) is 0 Å². The molecule has 2 aromatic carbocycles. The lowest BCUT2D eigenvalue weighted by Crippen LogP contribution is -2.30. The number of nitrogens with one attached hydrogen (secondary N) is 1. The van der Waals surface area contributed by atoms with Gasteiger partial charge in [0.05, 0.1) is 16.5 Å². The van der Waals surface area contributed by atoms with Crippen molar-refractivity contribution in [3.63, 3.8) is 0 Å². The Balaban J connectivity index is 1.46. The van der Waals surface area contributed by atoms with Crippen LogP contribution >= 0.6 is 0 Å². The van der Waals surface area contributed by atoms with Crippen LogP contribution in [0.2, 0.25) is 0 Å². The lowest BCUT2D eigenvalue weighted by atomic mass is 10.1. The summed E-state index contributed by atoms with van der Waals surface area (Å²) in [6.07, 6.45) is 0.514. The van der Waals surface area contributed by atoms with E-state index in [0.717, 1.165) is 12.8 Å². The molecule has 31 heavy (non-hydrogen) atoms. The minimum Gasteiger partial charge on any atom is -0.449 e. The molecule has 2 heterocycles. The van der Waals surface area contributed by atoms with E-state index in [1.54, 1.807) is 10.6 Å². The fourth-order valence-corrected chi connectivity index (χ4v) is 3.45. The molecule has 9 nitrogen and oxygen atoms in total. The summed E-state index contributed by atoms with van der Waals surface area (Å²) in [6.45, 7) is 2.10. The molecular weight excluding hydrogens is 400 g/mol. The van der Waals surface area contributed by atoms with Gasteiger partial charge in [0, 0.05) is 24.2 Å². The number of carbonyl (C=O) groups excluding carboxylic acids is 3. The van der Waals surface area contributed by atoms with E-state index in [2.05, 4.69) is 10.3 Å². The van der Waals surface area contributed by atoms with Crippen LogP contribution in [0.3, 0.4) is 0 Å². The van der Waals surface area contributed by atoms with Crippen molar-refractivity contribution in [2.75, 3.05) is 5.32 Å². The van der Waals surface area contributed by atoms with Gasteiger partial charge >= 0.3 is 5.97 Å². The highest BCUT2D eigenvalue weighted by Crippen LogP contribution is 2.17. The molecular formula is C22H20N4O5. The summed E-state index contributed by atoms with van der Waals surface area (Å²) in [6, 6.07) is 10.6. The largest absolute Gasteiger partial charge is 0.449 e. The number of ether oxygens (including phenoxy) is 1. The van der Waals surface area contributed by atoms with Crippen LogP contribution in [0, 0.1) is 0 Å². The lowest BCUT2D eigenvalue weighted by molar-refractivity contribution is -0.123. The Kier molecular flexibility index (Phi) is 5.24. The van der Waals surface area contributed by atoms with Gasteiger partial charge < -0.3 is 15.8 Å². The van der Waals surface area contributed by atoms with Crippen molar-refractivity contribution in [2.24, 2.45) is 5.73 Å². The zero-order valence-corrected chi connectivity index (χ0v) is 16.8. The normalized spacial score (nSPS) is 13.5. The van der Waals surface area contributed by atoms with Gasteiger partial charge in [0.2, 0.25) is 5.91 Å². The van der Waals surface area contributed by atoms with E-state index in [0.29, 0.717) is 34.5 Å². The summed E-state index contributed by atoms with van der Waals surface area (Å²) in [4.78, 5) is 53.0. The maximum absolute atomic E-state index is 12.5. The van der Waals surface area contributed by atoms with Crippen molar-refractivity contribution in [3.8, 4) is 0 Å². The number of carbonyl (C=O) groups is 3. The van der Waals surface area contributed by atoms with Crippen LogP contribution in [0.15, 0.2) is 47.3 Å². The average molecular weight is 420 g/mol. The predicted octanol–water partition coefficient (Wildman–Crippen LogP) is 1.63. The number of amides is 2. The molecule has 0 bridgehead atoms. The van der Waals surface area contributed by atoms with Gasteiger partial charge in [-0.2, -0.15) is 0 Å². The topological polar surface area (TPSA) is 133 Å². The number of nitrogens with zero attached hydrogens (tertiary/aromatic N) is 2. The molecule has 9 heteroatoms. The first-order valence-corrected chi connectivity index (χ1v) is 9.78. The average Bonchev–Trinajstić information content (AvgIpc) is 3.22. The Morgan fingerprint density at radius 1 is 1.13 bits per heavy atom. The monoisotopic (exact) mass is 420 g/mol. The van der Waals surface area contributed by atoms with Crippen LogP contribution in [-0.2, 0) is 22.5 Å². The highest BCUT2D eigenvalue weighted by molar-refractivity contribution is 5.99. The molecule has 0 fully saturated rings. The molecule has 2 amide bonds. The number of hydrogen-bond acceptors (Lipinski definition) is 6. The van der Waals surface area contributed by atoms with Crippen LogP contribution in [0.4, 0.5) is 5.69 Å². The molecule has 0 spiro atoms. The Morgan fingerprint density at radius 2 is 1.84 bits per heavy atom. The maximum Gasteiger partial charge on any atom is 0.338 e. The molecule has 4 rings (SSSR count). The number of primary amides is 1. The fraction of sp³-hybridized carbons (Fsp3) is 0.227. The summed E-state index contributed by atoms with van der Waals surface area (Å²) < 4.78 is 6.92. The maximum atomic E-state index is 12.5.